The summed E-state index contributed by atoms with van der Waals surface area (Å²) in [5, 5.41) is 11.0. The van der Waals surface area contributed by atoms with Crippen LogP contribution in [0.3, 0.4) is 0 Å². The predicted octanol–water partition coefficient (Wildman–Crippen LogP) is 0.372. The summed E-state index contributed by atoms with van der Waals surface area (Å²) in [7, 11) is 2.09. The lowest BCUT2D eigenvalue weighted by atomic mass is 10.3. The molecule has 1 aliphatic heterocycles. The smallest absolute Gasteiger partial charge is 0.274 e. The number of rotatable bonds is 1. The quantitative estimate of drug-likeness (QED) is 0.646. The zero-order chi connectivity index (χ0) is 9.97. The zero-order valence-electron chi connectivity index (χ0n) is 8.18. The van der Waals surface area contributed by atoms with E-state index in [1.807, 2.05) is 0 Å². The van der Waals surface area contributed by atoms with Crippen LogP contribution < -0.4 is 4.90 Å². The van der Waals surface area contributed by atoms with E-state index < -0.39 is 0 Å². The lowest BCUT2D eigenvalue weighted by molar-refractivity contribution is 0.310. The summed E-state index contributed by atoms with van der Waals surface area (Å²) in [6.45, 7) is 3.87. The molecule has 2 heterocycles. The first-order valence-electron chi connectivity index (χ1n) is 4.68. The fourth-order valence-corrected chi connectivity index (χ4v) is 1.54. The van der Waals surface area contributed by atoms with E-state index in [9.17, 15) is 5.11 Å². The van der Waals surface area contributed by atoms with Crippen LogP contribution in [-0.2, 0) is 5.11 Å². The number of piperazine rings is 1. The molecule has 1 aromatic heterocycles. The van der Waals surface area contributed by atoms with E-state index in [4.69, 9.17) is 0 Å². The topological polar surface area (TPSA) is 52.2 Å². The molecule has 1 radical (unpaired) electrons. The van der Waals surface area contributed by atoms with Gasteiger partial charge in [-0.15, -0.1) is 0 Å². The van der Waals surface area contributed by atoms with Gasteiger partial charge in [0.15, 0.2) is 0 Å². The van der Waals surface area contributed by atoms with E-state index >= 15 is 0 Å². The summed E-state index contributed by atoms with van der Waals surface area (Å²) in [4.78, 5) is 12.0. The molecule has 0 aromatic carbocycles. The molecule has 0 amide bonds. The summed E-state index contributed by atoms with van der Waals surface area (Å²) >= 11 is 0. The molecule has 0 aliphatic carbocycles. The molecule has 14 heavy (non-hydrogen) atoms. The van der Waals surface area contributed by atoms with Crippen LogP contribution in [0.4, 0.5) is 5.82 Å². The molecule has 2 rings (SSSR count). The van der Waals surface area contributed by atoms with Crippen LogP contribution in [0.5, 0.6) is 5.88 Å². The Morgan fingerprint density at radius 3 is 2.57 bits per heavy atom. The minimum atomic E-state index is -0.214. The highest BCUT2D eigenvalue weighted by Gasteiger charge is 2.15. The maximum atomic E-state index is 11.0. The number of hydrogen-bond acceptors (Lipinski definition) is 4. The van der Waals surface area contributed by atoms with E-state index in [1.165, 1.54) is 12.4 Å². The third-order valence-corrected chi connectivity index (χ3v) is 2.45. The number of likely N-dealkylation sites (N-methyl/N-ethyl adjacent to an activating group) is 1. The molecule has 0 atom stereocenters. The molecule has 1 aromatic rings. The summed E-state index contributed by atoms with van der Waals surface area (Å²) < 4.78 is 0. The SMILES string of the molecule is CN1CCN(c2cc([O])ncn2)CC1. The average molecular weight is 193 g/mol. The first-order valence-corrected chi connectivity index (χ1v) is 4.68. The maximum absolute atomic E-state index is 11.0. The van der Waals surface area contributed by atoms with Crippen molar-refractivity contribution in [3.63, 3.8) is 0 Å². The zero-order valence-corrected chi connectivity index (χ0v) is 8.18. The van der Waals surface area contributed by atoms with Crippen molar-refractivity contribution in [2.24, 2.45) is 0 Å². The summed E-state index contributed by atoms with van der Waals surface area (Å²) in [5.74, 6) is 0.534. The predicted molar refractivity (Wildman–Crippen MR) is 51.9 cm³/mol. The first kappa shape index (κ1) is 9.21. The standard InChI is InChI=1S/C9H13N4O/c1-12-2-4-13(5-3-12)8-6-9(14)11-7-10-8/h6-7H,2-5H2,1H3. The molecule has 1 fully saturated rings. The van der Waals surface area contributed by atoms with Gasteiger partial charge in [0.2, 0.25) is 0 Å². The van der Waals surface area contributed by atoms with E-state index in [0.29, 0.717) is 0 Å². The van der Waals surface area contributed by atoms with Crippen molar-refractivity contribution in [1.82, 2.24) is 14.9 Å². The van der Waals surface area contributed by atoms with Crippen molar-refractivity contribution in [3.8, 4) is 5.88 Å². The second-order valence-electron chi connectivity index (χ2n) is 3.50. The van der Waals surface area contributed by atoms with Crippen LogP contribution in [0.1, 0.15) is 0 Å². The molecule has 75 valence electrons. The lowest BCUT2D eigenvalue weighted by Crippen LogP contribution is -2.44. The third-order valence-electron chi connectivity index (χ3n) is 2.45. The summed E-state index contributed by atoms with van der Waals surface area (Å²) in [6, 6.07) is 1.49. The summed E-state index contributed by atoms with van der Waals surface area (Å²) in [5.41, 5.74) is 0. The van der Waals surface area contributed by atoms with E-state index in [-0.39, 0.29) is 5.88 Å². The van der Waals surface area contributed by atoms with Crippen molar-refractivity contribution in [2.75, 3.05) is 38.1 Å². The molecule has 1 aliphatic rings. The Morgan fingerprint density at radius 1 is 1.21 bits per heavy atom. The van der Waals surface area contributed by atoms with Crippen molar-refractivity contribution >= 4 is 5.82 Å². The number of hydrogen-bond donors (Lipinski definition) is 0. The fraction of sp³-hybridized carbons (Fsp3) is 0.556. The van der Waals surface area contributed by atoms with Gasteiger partial charge in [0.25, 0.3) is 5.88 Å². The molecule has 0 spiro atoms. The van der Waals surface area contributed by atoms with Crippen LogP contribution in [0, 0.1) is 0 Å². The largest absolute Gasteiger partial charge is 0.354 e. The number of anilines is 1. The number of nitrogens with zero attached hydrogens (tertiary/aromatic N) is 4. The molecule has 5 heteroatoms. The molecule has 5 nitrogen and oxygen atoms in total. The maximum Gasteiger partial charge on any atom is 0.274 e. The fourth-order valence-electron chi connectivity index (χ4n) is 1.54. The molecule has 0 saturated carbocycles. The Bertz CT molecular complexity index is 309. The van der Waals surface area contributed by atoms with Crippen LogP contribution in [0.15, 0.2) is 12.4 Å². The van der Waals surface area contributed by atoms with Gasteiger partial charge < -0.3 is 9.80 Å². The first-order chi connectivity index (χ1) is 6.75. The highest BCUT2D eigenvalue weighted by molar-refractivity contribution is 5.40. The highest BCUT2D eigenvalue weighted by atomic mass is 16.3. The monoisotopic (exact) mass is 193 g/mol. The second kappa shape index (κ2) is 3.79. The Balaban J connectivity index is 2.08. The van der Waals surface area contributed by atoms with Gasteiger partial charge >= 0.3 is 0 Å². The Labute approximate surface area is 83.0 Å². The van der Waals surface area contributed by atoms with Crippen molar-refractivity contribution in [3.05, 3.63) is 12.4 Å². The molecule has 0 N–H and O–H groups in total. The Hall–Kier alpha value is -1.36. The average Bonchev–Trinajstić information content (AvgIpc) is 2.19. The minimum Gasteiger partial charge on any atom is -0.354 e. The van der Waals surface area contributed by atoms with E-state index in [2.05, 4.69) is 26.8 Å². The van der Waals surface area contributed by atoms with Crippen LogP contribution >= 0.6 is 0 Å². The molecule has 0 bridgehead atoms. The molecule has 1 saturated heterocycles. The lowest BCUT2D eigenvalue weighted by Gasteiger charge is -2.32. The van der Waals surface area contributed by atoms with Gasteiger partial charge in [-0.05, 0) is 7.05 Å². The molecular formula is C9H13N4O. The minimum absolute atomic E-state index is 0.214. The summed E-state index contributed by atoms with van der Waals surface area (Å²) in [6.07, 6.45) is 1.33. The molecular weight excluding hydrogens is 180 g/mol. The van der Waals surface area contributed by atoms with Gasteiger partial charge in [-0.2, -0.15) is 4.98 Å². The van der Waals surface area contributed by atoms with Gasteiger partial charge in [0, 0.05) is 32.2 Å². The van der Waals surface area contributed by atoms with E-state index in [0.717, 1.165) is 32.0 Å². The van der Waals surface area contributed by atoms with Gasteiger partial charge in [-0.3, -0.25) is 5.11 Å². The van der Waals surface area contributed by atoms with E-state index in [1.54, 1.807) is 0 Å². The van der Waals surface area contributed by atoms with Crippen molar-refractivity contribution in [1.29, 1.82) is 0 Å². The number of aromatic nitrogens is 2. The van der Waals surface area contributed by atoms with Crippen LogP contribution in [0.2, 0.25) is 0 Å². The van der Waals surface area contributed by atoms with Gasteiger partial charge in [0.1, 0.15) is 12.1 Å². The third kappa shape index (κ3) is 1.93. The van der Waals surface area contributed by atoms with Crippen LogP contribution in [0.25, 0.3) is 0 Å². The normalized spacial score (nSPS) is 18.5. The highest BCUT2D eigenvalue weighted by Crippen LogP contribution is 2.16. The van der Waals surface area contributed by atoms with Crippen LogP contribution in [-0.4, -0.2) is 48.1 Å². The van der Waals surface area contributed by atoms with Gasteiger partial charge in [0.05, 0.1) is 0 Å². The second-order valence-corrected chi connectivity index (χ2v) is 3.50. The molecule has 0 unspecified atom stereocenters. The van der Waals surface area contributed by atoms with Gasteiger partial charge in [-0.1, -0.05) is 0 Å². The Morgan fingerprint density at radius 2 is 1.93 bits per heavy atom. The van der Waals surface area contributed by atoms with Gasteiger partial charge in [-0.25, -0.2) is 4.98 Å². The van der Waals surface area contributed by atoms with Crippen molar-refractivity contribution in [2.45, 2.75) is 0 Å². The van der Waals surface area contributed by atoms with Crippen molar-refractivity contribution < 1.29 is 5.11 Å². The Kier molecular flexibility index (Phi) is 2.49.